The number of rotatable bonds is 5. The number of carboxylic acid groups (broad SMARTS) is 1. The third-order valence-corrected chi connectivity index (χ3v) is 2.35. The molecule has 1 aliphatic rings. The molecule has 0 aromatic rings. The van der Waals surface area contributed by atoms with Crippen molar-refractivity contribution in [2.75, 3.05) is 0 Å². The van der Waals surface area contributed by atoms with Gasteiger partial charge in [-0.2, -0.15) is 0 Å². The quantitative estimate of drug-likeness (QED) is 0.640. The smallest absolute Gasteiger partial charge is 0.306 e. The average molecular weight is 168 g/mol. The van der Waals surface area contributed by atoms with Gasteiger partial charge in [-0.1, -0.05) is 19.1 Å². The van der Waals surface area contributed by atoms with Gasteiger partial charge in [0.15, 0.2) is 0 Å². The number of aliphatic carboxylic acids is 1. The Balaban J connectivity index is 2.04. The molecule has 1 saturated carbocycles. The summed E-state index contributed by atoms with van der Waals surface area (Å²) in [5.41, 5.74) is 0. The van der Waals surface area contributed by atoms with Crippen LogP contribution < -0.4 is 0 Å². The standard InChI is InChI=1S/C10H16O2/c1-2-3-4-5-6-8-7-9(8)10(11)12/h3-4,8-9H,2,5-7H2,1H3,(H,11,12). The molecule has 0 bridgehead atoms. The van der Waals surface area contributed by atoms with E-state index in [1.807, 2.05) is 0 Å². The molecule has 2 nitrogen and oxygen atoms in total. The molecule has 0 aliphatic heterocycles. The van der Waals surface area contributed by atoms with Crippen molar-refractivity contribution in [3.63, 3.8) is 0 Å². The van der Waals surface area contributed by atoms with Gasteiger partial charge in [0.25, 0.3) is 0 Å². The predicted octanol–water partition coefficient (Wildman–Crippen LogP) is 2.45. The summed E-state index contributed by atoms with van der Waals surface area (Å²) >= 11 is 0. The Morgan fingerprint density at radius 2 is 2.33 bits per heavy atom. The molecule has 0 radical (unpaired) electrons. The van der Waals surface area contributed by atoms with Gasteiger partial charge in [0, 0.05) is 0 Å². The monoisotopic (exact) mass is 168 g/mol. The van der Waals surface area contributed by atoms with Crippen molar-refractivity contribution < 1.29 is 9.90 Å². The van der Waals surface area contributed by atoms with Gasteiger partial charge in [-0.05, 0) is 31.6 Å². The van der Waals surface area contributed by atoms with Crippen LogP contribution in [0.15, 0.2) is 12.2 Å². The van der Waals surface area contributed by atoms with E-state index in [1.165, 1.54) is 0 Å². The molecule has 2 unspecified atom stereocenters. The molecule has 0 aromatic carbocycles. The average Bonchev–Trinajstić information content (AvgIpc) is 2.77. The first-order chi connectivity index (χ1) is 5.75. The van der Waals surface area contributed by atoms with E-state index in [9.17, 15) is 4.79 Å². The summed E-state index contributed by atoms with van der Waals surface area (Å²) in [4.78, 5) is 10.4. The fourth-order valence-electron chi connectivity index (χ4n) is 1.46. The zero-order valence-electron chi connectivity index (χ0n) is 7.49. The summed E-state index contributed by atoms with van der Waals surface area (Å²) in [5.74, 6) is -0.177. The lowest BCUT2D eigenvalue weighted by atomic mass is 10.2. The van der Waals surface area contributed by atoms with Gasteiger partial charge < -0.3 is 5.11 Å². The first kappa shape index (κ1) is 9.30. The molecule has 68 valence electrons. The first-order valence-corrected chi connectivity index (χ1v) is 4.63. The molecule has 1 N–H and O–H groups in total. The van der Waals surface area contributed by atoms with Crippen LogP contribution in [-0.2, 0) is 4.79 Å². The first-order valence-electron chi connectivity index (χ1n) is 4.63. The lowest BCUT2D eigenvalue weighted by Crippen LogP contribution is -1.98. The van der Waals surface area contributed by atoms with Crippen molar-refractivity contribution in [2.24, 2.45) is 11.8 Å². The van der Waals surface area contributed by atoms with E-state index < -0.39 is 5.97 Å². The Morgan fingerprint density at radius 1 is 1.58 bits per heavy atom. The molecule has 1 rings (SSSR count). The number of carbonyl (C=O) groups is 1. The Labute approximate surface area is 73.3 Å². The van der Waals surface area contributed by atoms with E-state index in [0.29, 0.717) is 5.92 Å². The molecule has 1 aliphatic carbocycles. The Morgan fingerprint density at radius 3 is 2.83 bits per heavy atom. The third kappa shape index (κ3) is 2.68. The van der Waals surface area contributed by atoms with Gasteiger partial charge in [-0.3, -0.25) is 4.79 Å². The number of hydrogen-bond acceptors (Lipinski definition) is 1. The highest BCUT2D eigenvalue weighted by Crippen LogP contribution is 2.42. The molecule has 0 amide bonds. The van der Waals surface area contributed by atoms with E-state index in [1.54, 1.807) is 0 Å². The summed E-state index contributed by atoms with van der Waals surface area (Å²) in [6, 6.07) is 0. The third-order valence-electron chi connectivity index (χ3n) is 2.35. The zero-order valence-corrected chi connectivity index (χ0v) is 7.49. The molecular weight excluding hydrogens is 152 g/mol. The van der Waals surface area contributed by atoms with Gasteiger partial charge in [0.2, 0.25) is 0 Å². The Bertz CT molecular complexity index is 184. The minimum atomic E-state index is -0.612. The van der Waals surface area contributed by atoms with Gasteiger partial charge in [0.05, 0.1) is 5.92 Å². The second kappa shape index (κ2) is 4.29. The molecule has 0 saturated heterocycles. The SMILES string of the molecule is CCC=CCCC1CC1C(=O)O. The number of carboxylic acids is 1. The largest absolute Gasteiger partial charge is 0.481 e. The van der Waals surface area contributed by atoms with Crippen molar-refractivity contribution in [3.05, 3.63) is 12.2 Å². The fourth-order valence-corrected chi connectivity index (χ4v) is 1.46. The molecule has 12 heavy (non-hydrogen) atoms. The van der Waals surface area contributed by atoms with E-state index >= 15 is 0 Å². The molecule has 0 spiro atoms. The van der Waals surface area contributed by atoms with E-state index in [-0.39, 0.29) is 5.92 Å². The maximum atomic E-state index is 10.4. The van der Waals surface area contributed by atoms with E-state index in [0.717, 1.165) is 25.7 Å². The molecule has 0 aromatic heterocycles. The molecule has 1 fully saturated rings. The van der Waals surface area contributed by atoms with Crippen molar-refractivity contribution >= 4 is 5.97 Å². The summed E-state index contributed by atoms with van der Waals surface area (Å²) < 4.78 is 0. The predicted molar refractivity (Wildman–Crippen MR) is 47.9 cm³/mol. The van der Waals surface area contributed by atoms with Crippen molar-refractivity contribution in [3.8, 4) is 0 Å². The Kier molecular flexibility index (Phi) is 3.32. The highest BCUT2D eigenvalue weighted by molar-refractivity contribution is 5.73. The zero-order chi connectivity index (χ0) is 8.97. The minimum absolute atomic E-state index is 0.0278. The minimum Gasteiger partial charge on any atom is -0.481 e. The van der Waals surface area contributed by atoms with Crippen LogP contribution in [0.3, 0.4) is 0 Å². The van der Waals surface area contributed by atoms with Gasteiger partial charge in [0.1, 0.15) is 0 Å². The summed E-state index contributed by atoms with van der Waals surface area (Å²) in [6.07, 6.45) is 8.35. The van der Waals surface area contributed by atoms with E-state index in [4.69, 9.17) is 5.11 Å². The lowest BCUT2D eigenvalue weighted by molar-refractivity contribution is -0.138. The summed E-state index contributed by atoms with van der Waals surface area (Å²) in [7, 11) is 0. The van der Waals surface area contributed by atoms with Gasteiger partial charge in [-0.25, -0.2) is 0 Å². The van der Waals surface area contributed by atoms with Crippen molar-refractivity contribution in [2.45, 2.75) is 32.6 Å². The van der Waals surface area contributed by atoms with Gasteiger partial charge in [-0.15, -0.1) is 0 Å². The van der Waals surface area contributed by atoms with E-state index in [2.05, 4.69) is 19.1 Å². The maximum absolute atomic E-state index is 10.4. The molecule has 0 heterocycles. The number of hydrogen-bond donors (Lipinski definition) is 1. The lowest BCUT2D eigenvalue weighted by Gasteiger charge is -1.91. The van der Waals surface area contributed by atoms with Crippen molar-refractivity contribution in [1.29, 1.82) is 0 Å². The molecule has 2 atom stereocenters. The second-order valence-electron chi connectivity index (χ2n) is 3.40. The molecule has 2 heteroatoms. The number of allylic oxidation sites excluding steroid dienone is 2. The van der Waals surface area contributed by atoms with Crippen LogP contribution in [-0.4, -0.2) is 11.1 Å². The topological polar surface area (TPSA) is 37.3 Å². The van der Waals surface area contributed by atoms with Crippen LogP contribution in [0.5, 0.6) is 0 Å². The Hall–Kier alpha value is -0.790. The summed E-state index contributed by atoms with van der Waals surface area (Å²) in [6.45, 7) is 2.10. The van der Waals surface area contributed by atoms with Crippen LogP contribution in [0.4, 0.5) is 0 Å². The van der Waals surface area contributed by atoms with Crippen LogP contribution in [0.2, 0.25) is 0 Å². The van der Waals surface area contributed by atoms with Crippen LogP contribution in [0.1, 0.15) is 32.6 Å². The fraction of sp³-hybridized carbons (Fsp3) is 0.700. The van der Waals surface area contributed by atoms with Crippen molar-refractivity contribution in [1.82, 2.24) is 0 Å². The normalized spacial score (nSPS) is 27.8. The van der Waals surface area contributed by atoms with Crippen LogP contribution >= 0.6 is 0 Å². The second-order valence-corrected chi connectivity index (χ2v) is 3.40. The highest BCUT2D eigenvalue weighted by atomic mass is 16.4. The highest BCUT2D eigenvalue weighted by Gasteiger charge is 2.41. The van der Waals surface area contributed by atoms with Gasteiger partial charge >= 0.3 is 5.97 Å². The maximum Gasteiger partial charge on any atom is 0.306 e. The van der Waals surface area contributed by atoms with Crippen LogP contribution in [0.25, 0.3) is 0 Å². The van der Waals surface area contributed by atoms with Crippen LogP contribution in [0, 0.1) is 11.8 Å². The molecular formula is C10H16O2. The summed E-state index contributed by atoms with van der Waals surface area (Å²) in [5, 5.41) is 8.61.